The fourth-order valence-electron chi connectivity index (χ4n) is 4.02. The molecule has 1 amide bonds. The molecule has 1 saturated carbocycles. The van der Waals surface area contributed by atoms with Crippen LogP contribution in [0.1, 0.15) is 51.9 Å². The molecule has 1 aliphatic carbocycles. The van der Waals surface area contributed by atoms with E-state index in [2.05, 4.69) is 17.6 Å². The quantitative estimate of drug-likeness (QED) is 0.768. The van der Waals surface area contributed by atoms with Gasteiger partial charge in [0.05, 0.1) is 0 Å². The minimum absolute atomic E-state index is 0.294. The Labute approximate surface area is 104 Å². The van der Waals surface area contributed by atoms with Crippen LogP contribution >= 0.6 is 0 Å². The third kappa shape index (κ3) is 2.35. The maximum Gasteiger partial charge on any atom is 0.223 e. The predicted octanol–water partition coefficient (Wildman–Crippen LogP) is 1.82. The highest BCUT2D eigenvalue weighted by Gasteiger charge is 2.36. The summed E-state index contributed by atoms with van der Waals surface area (Å²) in [7, 11) is 0. The zero-order valence-electron chi connectivity index (χ0n) is 10.7. The third-order valence-electron chi connectivity index (χ3n) is 5.02. The highest BCUT2D eigenvalue weighted by Crippen LogP contribution is 2.32. The van der Waals surface area contributed by atoms with Gasteiger partial charge in [-0.2, -0.15) is 0 Å². The number of nitrogens with one attached hydrogen (secondary N) is 2. The highest BCUT2D eigenvalue weighted by atomic mass is 16.2. The Morgan fingerprint density at radius 1 is 1.12 bits per heavy atom. The standard InChI is InChI=1S/C14H24N2O/c1-9-3-2-4-13(9)14(17)16-12-7-10-5-6-11(8-12)15-10/h9-13,15H,2-8H2,1H3,(H,16,17). The molecule has 2 N–H and O–H groups in total. The van der Waals surface area contributed by atoms with Crippen molar-refractivity contribution in [3.8, 4) is 0 Å². The smallest absolute Gasteiger partial charge is 0.223 e. The Kier molecular flexibility index (Phi) is 3.12. The molecule has 4 unspecified atom stereocenters. The lowest BCUT2D eigenvalue weighted by atomic mass is 9.94. The summed E-state index contributed by atoms with van der Waals surface area (Å²) in [5.41, 5.74) is 0. The van der Waals surface area contributed by atoms with Gasteiger partial charge in [0.15, 0.2) is 0 Å². The van der Waals surface area contributed by atoms with Crippen molar-refractivity contribution < 1.29 is 4.79 Å². The lowest BCUT2D eigenvalue weighted by Crippen LogP contribution is -2.49. The van der Waals surface area contributed by atoms with Gasteiger partial charge in [-0.3, -0.25) is 4.79 Å². The number of hydrogen-bond acceptors (Lipinski definition) is 2. The topological polar surface area (TPSA) is 41.1 Å². The molecule has 3 nitrogen and oxygen atoms in total. The fourth-order valence-corrected chi connectivity index (χ4v) is 4.02. The van der Waals surface area contributed by atoms with E-state index in [0.29, 0.717) is 35.9 Å². The maximum atomic E-state index is 12.2. The van der Waals surface area contributed by atoms with Gasteiger partial charge in [-0.15, -0.1) is 0 Å². The van der Waals surface area contributed by atoms with E-state index in [0.717, 1.165) is 19.3 Å². The van der Waals surface area contributed by atoms with Crippen molar-refractivity contribution in [2.75, 3.05) is 0 Å². The Bertz CT molecular complexity index is 293. The van der Waals surface area contributed by atoms with Gasteiger partial charge >= 0.3 is 0 Å². The van der Waals surface area contributed by atoms with Crippen LogP contribution in [0.4, 0.5) is 0 Å². The lowest BCUT2D eigenvalue weighted by molar-refractivity contribution is -0.126. The summed E-state index contributed by atoms with van der Waals surface area (Å²) in [5.74, 6) is 1.22. The average molecular weight is 236 g/mol. The highest BCUT2D eigenvalue weighted by molar-refractivity contribution is 5.79. The van der Waals surface area contributed by atoms with E-state index < -0.39 is 0 Å². The van der Waals surface area contributed by atoms with Crippen LogP contribution in [0.3, 0.4) is 0 Å². The molecule has 0 aromatic heterocycles. The zero-order valence-corrected chi connectivity index (χ0v) is 10.7. The Morgan fingerprint density at radius 2 is 1.82 bits per heavy atom. The maximum absolute atomic E-state index is 12.2. The first-order chi connectivity index (χ1) is 8.22. The van der Waals surface area contributed by atoms with Crippen molar-refractivity contribution in [3.05, 3.63) is 0 Å². The molecule has 3 heteroatoms. The van der Waals surface area contributed by atoms with Crippen LogP contribution in [-0.4, -0.2) is 24.0 Å². The molecule has 3 rings (SSSR count). The number of fused-ring (bicyclic) bond motifs is 2. The normalized spacial score (nSPS) is 44.9. The summed E-state index contributed by atoms with van der Waals surface area (Å²) in [6.07, 6.45) is 8.46. The molecule has 2 bridgehead atoms. The number of amides is 1. The molecule has 3 fully saturated rings. The van der Waals surface area contributed by atoms with E-state index in [9.17, 15) is 4.79 Å². The molecule has 0 aromatic carbocycles. The number of rotatable bonds is 2. The second kappa shape index (κ2) is 4.60. The van der Waals surface area contributed by atoms with E-state index >= 15 is 0 Å². The summed E-state index contributed by atoms with van der Waals surface area (Å²) in [4.78, 5) is 12.2. The minimum atomic E-state index is 0.294. The van der Waals surface area contributed by atoms with Crippen LogP contribution in [0.2, 0.25) is 0 Å². The van der Waals surface area contributed by atoms with Gasteiger partial charge in [-0.1, -0.05) is 13.3 Å². The number of hydrogen-bond donors (Lipinski definition) is 2. The zero-order chi connectivity index (χ0) is 11.8. The Morgan fingerprint density at radius 3 is 2.41 bits per heavy atom. The first kappa shape index (κ1) is 11.5. The van der Waals surface area contributed by atoms with E-state index in [1.165, 1.54) is 25.7 Å². The third-order valence-corrected chi connectivity index (χ3v) is 5.02. The van der Waals surface area contributed by atoms with E-state index in [1.807, 2.05) is 0 Å². The molecular formula is C14H24N2O. The van der Waals surface area contributed by atoms with Gasteiger partial charge in [0, 0.05) is 24.0 Å². The molecule has 4 atom stereocenters. The summed E-state index contributed by atoms with van der Waals surface area (Å²) in [6.45, 7) is 2.23. The second-order valence-electron chi connectivity index (χ2n) is 6.33. The number of carbonyl (C=O) groups is 1. The molecule has 3 aliphatic rings. The van der Waals surface area contributed by atoms with Crippen molar-refractivity contribution in [3.63, 3.8) is 0 Å². The summed E-state index contributed by atoms with van der Waals surface area (Å²) in [6, 6.07) is 1.77. The van der Waals surface area contributed by atoms with Gasteiger partial charge in [-0.05, 0) is 44.4 Å². The molecule has 2 heterocycles. The van der Waals surface area contributed by atoms with E-state index in [1.54, 1.807) is 0 Å². The minimum Gasteiger partial charge on any atom is -0.353 e. The lowest BCUT2D eigenvalue weighted by Gasteiger charge is -2.31. The van der Waals surface area contributed by atoms with Gasteiger partial charge in [0.25, 0.3) is 0 Å². The van der Waals surface area contributed by atoms with Gasteiger partial charge in [0.1, 0.15) is 0 Å². The van der Waals surface area contributed by atoms with Crippen molar-refractivity contribution >= 4 is 5.91 Å². The molecule has 96 valence electrons. The van der Waals surface area contributed by atoms with Gasteiger partial charge in [0.2, 0.25) is 5.91 Å². The van der Waals surface area contributed by atoms with Crippen LogP contribution in [0, 0.1) is 11.8 Å². The first-order valence-corrected chi connectivity index (χ1v) is 7.29. The molecule has 0 spiro atoms. The SMILES string of the molecule is CC1CCCC1C(=O)NC1CC2CCC(C1)N2. The molecule has 0 radical (unpaired) electrons. The van der Waals surface area contributed by atoms with Crippen LogP contribution in [-0.2, 0) is 4.79 Å². The van der Waals surface area contributed by atoms with Gasteiger partial charge < -0.3 is 10.6 Å². The van der Waals surface area contributed by atoms with Crippen molar-refractivity contribution in [1.82, 2.24) is 10.6 Å². The summed E-state index contributed by atoms with van der Waals surface area (Å²) < 4.78 is 0. The van der Waals surface area contributed by atoms with Crippen molar-refractivity contribution in [2.45, 2.75) is 70.0 Å². The predicted molar refractivity (Wildman–Crippen MR) is 67.6 cm³/mol. The first-order valence-electron chi connectivity index (χ1n) is 7.29. The Hall–Kier alpha value is -0.570. The van der Waals surface area contributed by atoms with Crippen LogP contribution in [0.25, 0.3) is 0 Å². The monoisotopic (exact) mass is 236 g/mol. The summed E-state index contributed by atoms with van der Waals surface area (Å²) in [5, 5.41) is 6.93. The largest absolute Gasteiger partial charge is 0.353 e. The number of piperidine rings is 1. The molecule has 17 heavy (non-hydrogen) atoms. The molecular weight excluding hydrogens is 212 g/mol. The second-order valence-corrected chi connectivity index (χ2v) is 6.33. The number of carbonyl (C=O) groups excluding carboxylic acids is 1. The van der Waals surface area contributed by atoms with E-state index in [4.69, 9.17) is 0 Å². The van der Waals surface area contributed by atoms with Crippen LogP contribution < -0.4 is 10.6 Å². The van der Waals surface area contributed by atoms with Crippen molar-refractivity contribution in [1.29, 1.82) is 0 Å². The van der Waals surface area contributed by atoms with Crippen LogP contribution in [0.5, 0.6) is 0 Å². The van der Waals surface area contributed by atoms with E-state index in [-0.39, 0.29) is 0 Å². The Balaban J connectivity index is 1.54. The molecule has 2 aliphatic heterocycles. The average Bonchev–Trinajstić information content (AvgIpc) is 2.85. The van der Waals surface area contributed by atoms with Crippen molar-refractivity contribution in [2.24, 2.45) is 11.8 Å². The van der Waals surface area contributed by atoms with Gasteiger partial charge in [-0.25, -0.2) is 0 Å². The fraction of sp³-hybridized carbons (Fsp3) is 0.929. The summed E-state index contributed by atoms with van der Waals surface area (Å²) >= 11 is 0. The molecule has 0 aromatic rings. The van der Waals surface area contributed by atoms with Crippen LogP contribution in [0.15, 0.2) is 0 Å². The molecule has 2 saturated heterocycles.